The van der Waals surface area contributed by atoms with Gasteiger partial charge in [-0.25, -0.2) is 4.98 Å². The Kier molecular flexibility index (Phi) is 3.05. The molecular weight excluding hydrogens is 400 g/mol. The van der Waals surface area contributed by atoms with Gasteiger partial charge in [0.2, 0.25) is 0 Å². The molecule has 2 aromatic heterocycles. The van der Waals surface area contributed by atoms with Gasteiger partial charge in [-0.05, 0) is 64.1 Å². The van der Waals surface area contributed by atoms with E-state index < -0.39 is 0 Å². The van der Waals surface area contributed by atoms with Crippen molar-refractivity contribution in [1.29, 1.82) is 0 Å². The summed E-state index contributed by atoms with van der Waals surface area (Å²) >= 11 is 0. The zero-order chi connectivity index (χ0) is 21.7. The maximum atomic E-state index is 4.86. The molecule has 0 N–H and O–H groups in total. The average Bonchev–Trinajstić information content (AvgIpc) is 3.35. The molecule has 2 heteroatoms. The van der Waals surface area contributed by atoms with Crippen LogP contribution >= 0.6 is 0 Å². The minimum Gasteiger partial charge on any atom is -0.293 e. The molecule has 154 valence electrons. The minimum atomic E-state index is -0.347. The fourth-order valence-corrected chi connectivity index (χ4v) is 6.53. The number of para-hydroxylation sites is 1. The normalized spacial score (nSPS) is 14.5. The lowest BCUT2D eigenvalue weighted by Gasteiger charge is -2.39. The number of nitrogens with zero attached hydrogens (tertiary/aromatic N) is 2. The number of rotatable bonds is 0. The van der Waals surface area contributed by atoms with E-state index in [-0.39, 0.29) is 5.41 Å². The van der Waals surface area contributed by atoms with Crippen LogP contribution in [0.2, 0.25) is 0 Å². The maximum Gasteiger partial charge on any atom is 0.145 e. The molecule has 6 aromatic rings. The van der Waals surface area contributed by atoms with Crippen LogP contribution in [-0.2, 0) is 5.41 Å². The van der Waals surface area contributed by atoms with Crippen molar-refractivity contribution < 1.29 is 0 Å². The second-order valence-corrected chi connectivity index (χ2v) is 9.27. The van der Waals surface area contributed by atoms with Crippen LogP contribution in [0.25, 0.3) is 38.8 Å². The standard InChI is InChI=1S/C31H20N2/c1-19-15-16-26-28(18-19)33-29-22(23-11-7-17-32-30(23)33)10-6-14-27(29)31(26)24-12-4-2-8-20(24)21-9-3-5-13-25(21)31/h2-18H,1H3. The van der Waals surface area contributed by atoms with E-state index in [4.69, 9.17) is 4.98 Å². The number of hydrogen-bond acceptors (Lipinski definition) is 1. The second kappa shape index (κ2) is 5.79. The first-order valence-corrected chi connectivity index (χ1v) is 11.5. The molecular formula is C31H20N2. The first kappa shape index (κ1) is 17.4. The largest absolute Gasteiger partial charge is 0.293 e. The van der Waals surface area contributed by atoms with Crippen molar-refractivity contribution in [3.05, 3.63) is 131 Å². The van der Waals surface area contributed by atoms with E-state index in [0.29, 0.717) is 0 Å². The van der Waals surface area contributed by atoms with Gasteiger partial charge in [0.25, 0.3) is 0 Å². The van der Waals surface area contributed by atoms with Crippen molar-refractivity contribution in [3.63, 3.8) is 0 Å². The Morgan fingerprint density at radius 1 is 0.636 bits per heavy atom. The van der Waals surface area contributed by atoms with E-state index in [1.165, 1.54) is 60.9 Å². The van der Waals surface area contributed by atoms with Crippen LogP contribution < -0.4 is 0 Å². The third-order valence-corrected chi connectivity index (χ3v) is 7.70. The summed E-state index contributed by atoms with van der Waals surface area (Å²) in [6, 6.07) is 35.9. The molecule has 2 nitrogen and oxygen atoms in total. The third-order valence-electron chi connectivity index (χ3n) is 7.70. The molecule has 33 heavy (non-hydrogen) atoms. The van der Waals surface area contributed by atoms with Crippen LogP contribution in [0, 0.1) is 6.92 Å². The van der Waals surface area contributed by atoms with Crippen molar-refractivity contribution in [2.24, 2.45) is 0 Å². The predicted molar refractivity (Wildman–Crippen MR) is 134 cm³/mol. The van der Waals surface area contributed by atoms with E-state index >= 15 is 0 Å². The quantitative estimate of drug-likeness (QED) is 0.254. The fourth-order valence-electron chi connectivity index (χ4n) is 6.53. The molecule has 0 saturated carbocycles. The topological polar surface area (TPSA) is 17.8 Å². The van der Waals surface area contributed by atoms with Gasteiger partial charge in [0.15, 0.2) is 0 Å². The number of fused-ring (bicyclic) bond motifs is 12. The summed E-state index contributed by atoms with van der Waals surface area (Å²) < 4.78 is 2.40. The van der Waals surface area contributed by atoms with Crippen LogP contribution in [0.15, 0.2) is 103 Å². The average molecular weight is 421 g/mol. The van der Waals surface area contributed by atoms with Crippen molar-refractivity contribution in [2.75, 3.05) is 0 Å². The second-order valence-electron chi connectivity index (χ2n) is 9.27. The Labute approximate surface area is 191 Å². The first-order valence-electron chi connectivity index (χ1n) is 11.5. The summed E-state index contributed by atoms with van der Waals surface area (Å²) in [6.07, 6.45) is 1.91. The molecule has 0 atom stereocenters. The van der Waals surface area contributed by atoms with Crippen LogP contribution in [0.3, 0.4) is 0 Å². The number of aromatic nitrogens is 2. The van der Waals surface area contributed by atoms with Crippen LogP contribution in [0.5, 0.6) is 0 Å². The van der Waals surface area contributed by atoms with Crippen molar-refractivity contribution in [3.8, 4) is 16.8 Å². The van der Waals surface area contributed by atoms with Gasteiger partial charge in [-0.2, -0.15) is 0 Å². The number of hydrogen-bond donors (Lipinski definition) is 0. The lowest BCUT2D eigenvalue weighted by Crippen LogP contribution is -2.33. The molecule has 0 saturated heterocycles. The third kappa shape index (κ3) is 1.86. The van der Waals surface area contributed by atoms with Gasteiger partial charge in [-0.15, -0.1) is 0 Å². The minimum absolute atomic E-state index is 0.347. The number of aryl methyl sites for hydroxylation is 1. The predicted octanol–water partition coefficient (Wildman–Crippen LogP) is 7.16. The highest BCUT2D eigenvalue weighted by molar-refractivity contribution is 6.11. The smallest absolute Gasteiger partial charge is 0.145 e. The summed E-state index contributed by atoms with van der Waals surface area (Å²) in [4.78, 5) is 4.86. The van der Waals surface area contributed by atoms with E-state index in [0.717, 1.165) is 5.65 Å². The number of benzene rings is 4. The van der Waals surface area contributed by atoms with Crippen LogP contribution in [0.1, 0.15) is 27.8 Å². The molecule has 0 bridgehead atoms. The highest BCUT2D eigenvalue weighted by Crippen LogP contribution is 2.60. The molecule has 8 rings (SSSR count). The Balaban J connectivity index is 1.71. The molecule has 1 aliphatic heterocycles. The highest BCUT2D eigenvalue weighted by atomic mass is 15.1. The Bertz CT molecular complexity index is 1740. The zero-order valence-corrected chi connectivity index (χ0v) is 18.2. The molecule has 0 radical (unpaired) electrons. The SMILES string of the molecule is Cc1ccc2c(c1)-n1c3ncccc3c3cccc(c31)C21c2ccccc2-c2ccccc21. The Morgan fingerprint density at radius 3 is 2.12 bits per heavy atom. The van der Waals surface area contributed by atoms with Gasteiger partial charge >= 0.3 is 0 Å². The van der Waals surface area contributed by atoms with E-state index in [2.05, 4.69) is 102 Å². The Morgan fingerprint density at radius 2 is 1.33 bits per heavy atom. The summed E-state index contributed by atoms with van der Waals surface area (Å²) in [5, 5.41) is 2.47. The summed E-state index contributed by atoms with van der Waals surface area (Å²) in [5.41, 5.74) is 12.5. The van der Waals surface area contributed by atoms with Crippen LogP contribution in [-0.4, -0.2) is 9.55 Å². The number of pyridine rings is 1. The molecule has 0 unspecified atom stereocenters. The Hall–Kier alpha value is -4.17. The van der Waals surface area contributed by atoms with E-state index in [1.54, 1.807) is 0 Å². The summed E-state index contributed by atoms with van der Waals surface area (Å²) in [5.74, 6) is 0. The lowest BCUT2D eigenvalue weighted by atomic mass is 9.65. The fraction of sp³-hybridized carbons (Fsp3) is 0.0645. The monoisotopic (exact) mass is 420 g/mol. The van der Waals surface area contributed by atoms with Gasteiger partial charge in [-0.3, -0.25) is 4.57 Å². The van der Waals surface area contributed by atoms with Crippen molar-refractivity contribution >= 4 is 21.9 Å². The molecule has 0 amide bonds. The van der Waals surface area contributed by atoms with E-state index in [1.807, 2.05) is 12.3 Å². The van der Waals surface area contributed by atoms with Gasteiger partial charge in [0.1, 0.15) is 5.65 Å². The molecule has 4 aromatic carbocycles. The summed E-state index contributed by atoms with van der Waals surface area (Å²) in [7, 11) is 0. The molecule has 3 heterocycles. The van der Waals surface area contributed by atoms with Gasteiger partial charge in [0, 0.05) is 17.0 Å². The van der Waals surface area contributed by atoms with Gasteiger partial charge < -0.3 is 0 Å². The molecule has 0 fully saturated rings. The first-order chi connectivity index (χ1) is 16.3. The molecule has 1 spiro atoms. The molecule has 1 aliphatic carbocycles. The van der Waals surface area contributed by atoms with Crippen molar-refractivity contribution in [1.82, 2.24) is 9.55 Å². The highest BCUT2D eigenvalue weighted by Gasteiger charge is 2.50. The summed E-state index contributed by atoms with van der Waals surface area (Å²) in [6.45, 7) is 2.18. The molecule has 2 aliphatic rings. The van der Waals surface area contributed by atoms with Gasteiger partial charge in [-0.1, -0.05) is 78.9 Å². The van der Waals surface area contributed by atoms with E-state index in [9.17, 15) is 0 Å². The van der Waals surface area contributed by atoms with Crippen LogP contribution in [0.4, 0.5) is 0 Å². The van der Waals surface area contributed by atoms with Gasteiger partial charge in [0.05, 0.1) is 16.6 Å². The maximum absolute atomic E-state index is 4.86. The van der Waals surface area contributed by atoms with Crippen molar-refractivity contribution in [2.45, 2.75) is 12.3 Å². The lowest BCUT2D eigenvalue weighted by molar-refractivity contribution is 0.747. The zero-order valence-electron chi connectivity index (χ0n) is 18.2.